The minimum Gasteiger partial charge on any atom is -0.0610 e. The van der Waals surface area contributed by atoms with Crippen molar-refractivity contribution in [1.29, 1.82) is 0 Å². The summed E-state index contributed by atoms with van der Waals surface area (Å²) in [6, 6.07) is 20.2. The zero-order chi connectivity index (χ0) is 12.6. The molecule has 0 aliphatic heterocycles. The van der Waals surface area contributed by atoms with Crippen molar-refractivity contribution in [1.82, 2.24) is 0 Å². The van der Waals surface area contributed by atoms with Crippen molar-refractivity contribution in [3.63, 3.8) is 0 Å². The maximum Gasteiger partial charge on any atom is -0.00116 e. The Morgan fingerprint density at radius 1 is 0.632 bits per heavy atom. The molecule has 0 atom stereocenters. The van der Waals surface area contributed by atoms with E-state index in [0.29, 0.717) is 0 Å². The van der Waals surface area contributed by atoms with Gasteiger partial charge in [0.2, 0.25) is 0 Å². The molecule has 1 aliphatic rings. The van der Waals surface area contributed by atoms with E-state index in [2.05, 4.69) is 61.5 Å². The van der Waals surface area contributed by atoms with Crippen molar-refractivity contribution in [3.8, 4) is 11.1 Å². The van der Waals surface area contributed by atoms with Gasteiger partial charge in [0, 0.05) is 0 Å². The Kier molecular flexibility index (Phi) is 1.50. The molecule has 0 fully saturated rings. The Morgan fingerprint density at radius 2 is 1.32 bits per heavy atom. The van der Waals surface area contributed by atoms with Crippen LogP contribution in [0.4, 0.5) is 0 Å². The van der Waals surface area contributed by atoms with E-state index in [9.17, 15) is 0 Å². The smallest absolute Gasteiger partial charge is 0.00116 e. The Balaban J connectivity index is 2.30. The second kappa shape index (κ2) is 2.97. The summed E-state index contributed by atoms with van der Waals surface area (Å²) in [5, 5.41) is 8.46. The first-order chi connectivity index (χ1) is 9.34. The molecule has 0 spiro atoms. The summed E-state index contributed by atoms with van der Waals surface area (Å²) in [5.41, 5.74) is 4.17. The minimum absolute atomic E-state index is 1.35. The molecule has 0 radical (unpaired) electrons. The number of benzene rings is 4. The first kappa shape index (κ1) is 9.57. The summed E-state index contributed by atoms with van der Waals surface area (Å²) in [6.45, 7) is 2.22. The van der Waals surface area contributed by atoms with Crippen molar-refractivity contribution < 1.29 is 0 Å². The van der Waals surface area contributed by atoms with E-state index >= 15 is 0 Å². The largest absolute Gasteiger partial charge is 0.0610 e. The van der Waals surface area contributed by atoms with Gasteiger partial charge in [-0.1, -0.05) is 54.6 Å². The van der Waals surface area contributed by atoms with Gasteiger partial charge in [-0.3, -0.25) is 0 Å². The van der Waals surface area contributed by atoms with E-state index in [0.717, 1.165) is 0 Å². The van der Waals surface area contributed by atoms with Gasteiger partial charge in [-0.05, 0) is 55.9 Å². The van der Waals surface area contributed by atoms with Gasteiger partial charge in [-0.2, -0.15) is 0 Å². The Bertz CT molecular complexity index is 985. The molecule has 0 bridgehead atoms. The fraction of sp³-hybridized carbons (Fsp3) is 0.0526. The minimum atomic E-state index is 1.35. The highest BCUT2D eigenvalue weighted by Gasteiger charge is 2.20. The highest BCUT2D eigenvalue weighted by atomic mass is 14.2. The number of rotatable bonds is 0. The van der Waals surface area contributed by atoms with E-state index < -0.39 is 0 Å². The van der Waals surface area contributed by atoms with Gasteiger partial charge in [0.25, 0.3) is 0 Å². The van der Waals surface area contributed by atoms with Crippen LogP contribution < -0.4 is 0 Å². The molecule has 4 aromatic rings. The molecule has 1 aliphatic carbocycles. The van der Waals surface area contributed by atoms with Crippen LogP contribution in [0.1, 0.15) is 5.56 Å². The molecule has 88 valence electrons. The lowest BCUT2D eigenvalue weighted by Crippen LogP contribution is -1.81. The van der Waals surface area contributed by atoms with Crippen LogP contribution >= 0.6 is 0 Å². The third-order valence-electron chi connectivity index (χ3n) is 4.48. The van der Waals surface area contributed by atoms with Crippen molar-refractivity contribution in [2.75, 3.05) is 0 Å². The molecule has 0 saturated heterocycles. The lowest BCUT2D eigenvalue weighted by Gasteiger charge is -2.06. The van der Waals surface area contributed by atoms with E-state index in [1.165, 1.54) is 49.0 Å². The summed E-state index contributed by atoms with van der Waals surface area (Å²) < 4.78 is 0. The molecule has 4 aromatic carbocycles. The lowest BCUT2D eigenvalue weighted by atomic mass is 9.97. The van der Waals surface area contributed by atoms with Gasteiger partial charge in [-0.15, -0.1) is 0 Å². The molecule has 0 amide bonds. The molecule has 0 unspecified atom stereocenters. The van der Waals surface area contributed by atoms with Crippen LogP contribution in [-0.4, -0.2) is 0 Å². The third-order valence-corrected chi connectivity index (χ3v) is 4.48. The molecule has 19 heavy (non-hydrogen) atoms. The van der Waals surface area contributed by atoms with Gasteiger partial charge in [0.15, 0.2) is 0 Å². The summed E-state index contributed by atoms with van der Waals surface area (Å²) >= 11 is 0. The highest BCUT2D eigenvalue weighted by molar-refractivity contribution is 6.33. The first-order valence-corrected chi connectivity index (χ1v) is 6.73. The maximum atomic E-state index is 2.32. The van der Waals surface area contributed by atoms with Crippen LogP contribution in [-0.2, 0) is 0 Å². The van der Waals surface area contributed by atoms with Crippen LogP contribution in [0.3, 0.4) is 0 Å². The quantitative estimate of drug-likeness (QED) is 0.316. The second-order valence-electron chi connectivity index (χ2n) is 5.49. The van der Waals surface area contributed by atoms with Crippen LogP contribution in [0.2, 0.25) is 0 Å². The molecule has 0 aromatic heterocycles. The van der Waals surface area contributed by atoms with Crippen LogP contribution in [0.5, 0.6) is 0 Å². The number of aryl methyl sites for hydroxylation is 1. The zero-order valence-corrected chi connectivity index (χ0v) is 10.7. The fourth-order valence-corrected chi connectivity index (χ4v) is 3.70. The number of fused-ring (bicyclic) bond motifs is 1. The zero-order valence-electron chi connectivity index (χ0n) is 10.7. The van der Waals surface area contributed by atoms with Gasteiger partial charge < -0.3 is 0 Å². The molecule has 5 rings (SSSR count). The molecular weight excluding hydrogens is 228 g/mol. The van der Waals surface area contributed by atoms with Gasteiger partial charge in [-0.25, -0.2) is 0 Å². The number of hydrogen-bond acceptors (Lipinski definition) is 0. The fourth-order valence-electron chi connectivity index (χ4n) is 3.70. The van der Waals surface area contributed by atoms with E-state index in [1.54, 1.807) is 0 Å². The highest BCUT2D eigenvalue weighted by Crippen LogP contribution is 2.47. The van der Waals surface area contributed by atoms with Crippen molar-refractivity contribution in [2.24, 2.45) is 0 Å². The molecule has 0 nitrogen and oxygen atoms in total. The van der Waals surface area contributed by atoms with Gasteiger partial charge in [0.1, 0.15) is 0 Å². The van der Waals surface area contributed by atoms with Gasteiger partial charge in [0.05, 0.1) is 0 Å². The van der Waals surface area contributed by atoms with Crippen LogP contribution in [0.25, 0.3) is 43.4 Å². The average Bonchev–Trinajstić information content (AvgIpc) is 2.78. The number of hydrogen-bond donors (Lipinski definition) is 0. The normalized spacial score (nSPS) is 12.5. The van der Waals surface area contributed by atoms with E-state index in [-0.39, 0.29) is 0 Å². The topological polar surface area (TPSA) is 0 Å². The van der Waals surface area contributed by atoms with Crippen molar-refractivity contribution >= 4 is 32.3 Å². The summed E-state index contributed by atoms with van der Waals surface area (Å²) in [4.78, 5) is 0. The van der Waals surface area contributed by atoms with Crippen molar-refractivity contribution in [3.05, 3.63) is 60.2 Å². The summed E-state index contributed by atoms with van der Waals surface area (Å²) in [6.07, 6.45) is 0. The van der Waals surface area contributed by atoms with Crippen LogP contribution in [0.15, 0.2) is 54.6 Å². The Morgan fingerprint density at radius 3 is 2.11 bits per heavy atom. The molecule has 0 heterocycles. The molecular formula is C19H12. The monoisotopic (exact) mass is 240 g/mol. The lowest BCUT2D eigenvalue weighted by molar-refractivity contribution is 1.57. The van der Waals surface area contributed by atoms with Crippen LogP contribution in [0, 0.1) is 6.92 Å². The maximum absolute atomic E-state index is 2.32. The van der Waals surface area contributed by atoms with E-state index in [4.69, 9.17) is 0 Å². The SMILES string of the molecule is Cc1cc2cccc3c2c2c1ccc1cccc-3c12. The van der Waals surface area contributed by atoms with Gasteiger partial charge >= 0.3 is 0 Å². The molecule has 0 heteroatoms. The summed E-state index contributed by atoms with van der Waals surface area (Å²) in [7, 11) is 0. The van der Waals surface area contributed by atoms with E-state index in [1.807, 2.05) is 0 Å². The average molecular weight is 240 g/mol. The standard InChI is InChI=1S/C19H12/c1-11-10-13-5-3-7-16-15-6-2-4-12-8-9-14(11)19(17(12)15)18(13)16/h2-10H,1H3. The third kappa shape index (κ3) is 0.978. The second-order valence-corrected chi connectivity index (χ2v) is 5.49. The van der Waals surface area contributed by atoms with Crippen molar-refractivity contribution in [2.45, 2.75) is 6.92 Å². The Hall–Kier alpha value is -2.34. The molecule has 0 N–H and O–H groups in total. The summed E-state index contributed by atoms with van der Waals surface area (Å²) in [5.74, 6) is 0. The predicted molar refractivity (Wildman–Crippen MR) is 82.7 cm³/mol. The predicted octanol–water partition coefficient (Wildman–Crippen LogP) is 5.44. The first-order valence-electron chi connectivity index (χ1n) is 6.73. The molecule has 0 saturated carbocycles. The Labute approximate surface area is 111 Å².